The van der Waals surface area contributed by atoms with Gasteiger partial charge < -0.3 is 5.32 Å². The minimum Gasteiger partial charge on any atom is -0.319 e. The zero-order valence-electron chi connectivity index (χ0n) is 8.51. The van der Waals surface area contributed by atoms with Crippen LogP contribution in [0.1, 0.15) is 22.3 Å². The topological polar surface area (TPSA) is 29.1 Å². The van der Waals surface area contributed by atoms with Crippen LogP contribution in [0.4, 0.5) is 4.39 Å². The average Bonchev–Trinajstić information content (AvgIpc) is 2.26. The maximum absolute atomic E-state index is 12.8. The number of rotatable bonds is 3. The number of halogens is 1. The quantitative estimate of drug-likeness (QED) is 0.461. The van der Waals surface area contributed by atoms with E-state index in [0.29, 0.717) is 23.8 Å². The Hall–Kier alpha value is -1.66. The molecule has 0 amide bonds. The van der Waals surface area contributed by atoms with Gasteiger partial charge in [0.15, 0.2) is 6.29 Å². The first-order chi connectivity index (χ1) is 7.27. The smallest absolute Gasteiger partial charge is 0.151 e. The van der Waals surface area contributed by atoms with E-state index in [1.54, 1.807) is 0 Å². The number of carbonyl (C=O) groups excluding carboxylic acids is 1. The van der Waals surface area contributed by atoms with Crippen molar-refractivity contribution in [2.45, 2.75) is 6.42 Å². The van der Waals surface area contributed by atoms with E-state index >= 15 is 0 Å². The lowest BCUT2D eigenvalue weighted by molar-refractivity contribution is 0.112. The van der Waals surface area contributed by atoms with Crippen LogP contribution < -0.4 is 5.32 Å². The van der Waals surface area contributed by atoms with Gasteiger partial charge >= 0.3 is 0 Å². The lowest BCUT2D eigenvalue weighted by Gasteiger charge is -1.96. The monoisotopic (exact) mass is 205 g/mol. The molecule has 0 saturated carbocycles. The third-order valence-electron chi connectivity index (χ3n) is 1.86. The van der Waals surface area contributed by atoms with Crippen molar-refractivity contribution < 1.29 is 9.18 Å². The van der Waals surface area contributed by atoms with Gasteiger partial charge in [0, 0.05) is 24.1 Å². The van der Waals surface area contributed by atoms with Crippen molar-refractivity contribution in [1.29, 1.82) is 0 Å². The number of aldehydes is 1. The van der Waals surface area contributed by atoms with Crippen LogP contribution in [0.25, 0.3) is 0 Å². The van der Waals surface area contributed by atoms with Crippen LogP contribution in [0, 0.1) is 17.7 Å². The van der Waals surface area contributed by atoms with Crippen LogP contribution in [0.2, 0.25) is 0 Å². The molecule has 0 heterocycles. The van der Waals surface area contributed by atoms with Gasteiger partial charge in [0.05, 0.1) is 0 Å². The van der Waals surface area contributed by atoms with E-state index in [4.69, 9.17) is 0 Å². The standard InChI is InChI=1S/C12H12FNO/c1-14-7-3-2-4-10-5-6-12(13)8-11(10)9-15/h5-6,8-9,14H,3,7H2,1H3. The highest BCUT2D eigenvalue weighted by Gasteiger charge is 1.99. The van der Waals surface area contributed by atoms with E-state index in [2.05, 4.69) is 17.2 Å². The molecule has 0 aliphatic heterocycles. The lowest BCUT2D eigenvalue weighted by Crippen LogP contribution is -2.05. The minimum atomic E-state index is -0.419. The van der Waals surface area contributed by atoms with E-state index in [9.17, 15) is 9.18 Å². The zero-order chi connectivity index (χ0) is 11.1. The Morgan fingerprint density at radius 2 is 2.33 bits per heavy atom. The molecule has 0 aliphatic rings. The Bertz CT molecular complexity index is 404. The second kappa shape index (κ2) is 5.94. The highest BCUT2D eigenvalue weighted by Crippen LogP contribution is 2.07. The summed E-state index contributed by atoms with van der Waals surface area (Å²) in [4.78, 5) is 10.6. The molecule has 0 saturated heterocycles. The molecular formula is C12H12FNO. The Morgan fingerprint density at radius 3 is 3.00 bits per heavy atom. The van der Waals surface area contributed by atoms with Crippen LogP contribution in [0.3, 0.4) is 0 Å². The van der Waals surface area contributed by atoms with Gasteiger partial charge in [-0.05, 0) is 25.2 Å². The Labute approximate surface area is 88.5 Å². The van der Waals surface area contributed by atoms with Gasteiger partial charge in [-0.25, -0.2) is 4.39 Å². The van der Waals surface area contributed by atoms with Gasteiger partial charge in [-0.1, -0.05) is 11.8 Å². The third-order valence-corrected chi connectivity index (χ3v) is 1.86. The molecule has 15 heavy (non-hydrogen) atoms. The number of carbonyl (C=O) groups is 1. The fourth-order valence-corrected chi connectivity index (χ4v) is 1.09. The van der Waals surface area contributed by atoms with E-state index in [0.717, 1.165) is 6.54 Å². The summed E-state index contributed by atoms with van der Waals surface area (Å²) in [7, 11) is 1.84. The summed E-state index contributed by atoms with van der Waals surface area (Å²) in [6, 6.07) is 4.01. The molecule has 1 aromatic rings. The van der Waals surface area contributed by atoms with Crippen LogP contribution in [-0.4, -0.2) is 19.9 Å². The summed E-state index contributed by atoms with van der Waals surface area (Å²) < 4.78 is 12.8. The van der Waals surface area contributed by atoms with Gasteiger partial charge in [0.2, 0.25) is 0 Å². The fraction of sp³-hybridized carbons (Fsp3) is 0.250. The maximum atomic E-state index is 12.8. The molecular weight excluding hydrogens is 193 g/mol. The molecule has 0 atom stereocenters. The molecule has 0 aromatic heterocycles. The van der Waals surface area contributed by atoms with E-state index < -0.39 is 5.82 Å². The Kier molecular flexibility index (Phi) is 4.52. The molecule has 0 radical (unpaired) electrons. The molecule has 0 fully saturated rings. The molecule has 2 nitrogen and oxygen atoms in total. The fourth-order valence-electron chi connectivity index (χ4n) is 1.09. The Balaban J connectivity index is 2.83. The number of hydrogen-bond donors (Lipinski definition) is 1. The molecule has 0 bridgehead atoms. The van der Waals surface area contributed by atoms with Crippen molar-refractivity contribution in [3.8, 4) is 11.8 Å². The molecule has 1 rings (SSSR count). The average molecular weight is 205 g/mol. The minimum absolute atomic E-state index is 0.298. The van der Waals surface area contributed by atoms with Crippen LogP contribution >= 0.6 is 0 Å². The SMILES string of the molecule is CNCCC#Cc1ccc(F)cc1C=O. The predicted molar refractivity (Wildman–Crippen MR) is 57.2 cm³/mol. The summed E-state index contributed by atoms with van der Waals surface area (Å²) in [5, 5.41) is 2.96. The van der Waals surface area contributed by atoms with Crippen LogP contribution in [0.15, 0.2) is 18.2 Å². The first kappa shape index (κ1) is 11.4. The van der Waals surface area contributed by atoms with E-state index in [-0.39, 0.29) is 0 Å². The van der Waals surface area contributed by atoms with Crippen molar-refractivity contribution in [2.24, 2.45) is 0 Å². The highest BCUT2D eigenvalue weighted by atomic mass is 19.1. The second-order valence-corrected chi connectivity index (χ2v) is 3.00. The summed E-state index contributed by atoms with van der Waals surface area (Å²) >= 11 is 0. The van der Waals surface area contributed by atoms with Crippen LogP contribution in [-0.2, 0) is 0 Å². The Morgan fingerprint density at radius 1 is 1.53 bits per heavy atom. The molecule has 0 aliphatic carbocycles. The molecule has 0 spiro atoms. The summed E-state index contributed by atoms with van der Waals surface area (Å²) in [5.74, 6) is 5.32. The summed E-state index contributed by atoms with van der Waals surface area (Å²) in [6.07, 6.45) is 1.32. The van der Waals surface area contributed by atoms with Crippen molar-refractivity contribution in [3.05, 3.63) is 35.1 Å². The first-order valence-electron chi connectivity index (χ1n) is 4.66. The van der Waals surface area contributed by atoms with Gasteiger partial charge in [-0.3, -0.25) is 4.79 Å². The molecule has 0 unspecified atom stereocenters. The number of benzene rings is 1. The number of nitrogens with one attached hydrogen (secondary N) is 1. The van der Waals surface area contributed by atoms with E-state index in [1.807, 2.05) is 7.05 Å². The largest absolute Gasteiger partial charge is 0.319 e. The van der Waals surface area contributed by atoms with Gasteiger partial charge in [-0.15, -0.1) is 0 Å². The van der Waals surface area contributed by atoms with Crippen molar-refractivity contribution >= 4 is 6.29 Å². The maximum Gasteiger partial charge on any atom is 0.151 e. The molecule has 78 valence electrons. The zero-order valence-corrected chi connectivity index (χ0v) is 8.51. The lowest BCUT2D eigenvalue weighted by atomic mass is 10.1. The van der Waals surface area contributed by atoms with Crippen molar-refractivity contribution in [1.82, 2.24) is 5.32 Å². The van der Waals surface area contributed by atoms with Crippen LogP contribution in [0.5, 0.6) is 0 Å². The van der Waals surface area contributed by atoms with Gasteiger partial charge in [0.25, 0.3) is 0 Å². The van der Waals surface area contributed by atoms with Gasteiger partial charge in [0.1, 0.15) is 5.82 Å². The first-order valence-corrected chi connectivity index (χ1v) is 4.66. The summed E-state index contributed by atoms with van der Waals surface area (Å²) in [6.45, 7) is 0.796. The van der Waals surface area contributed by atoms with Gasteiger partial charge in [-0.2, -0.15) is 0 Å². The molecule has 1 N–H and O–H groups in total. The normalized spacial score (nSPS) is 9.20. The second-order valence-electron chi connectivity index (χ2n) is 3.00. The van der Waals surface area contributed by atoms with Crippen molar-refractivity contribution in [3.63, 3.8) is 0 Å². The predicted octanol–water partition coefficient (Wildman–Crippen LogP) is 1.60. The number of hydrogen-bond acceptors (Lipinski definition) is 2. The molecule has 1 aromatic carbocycles. The molecule has 3 heteroatoms. The van der Waals surface area contributed by atoms with Crippen molar-refractivity contribution in [2.75, 3.05) is 13.6 Å². The summed E-state index contributed by atoms with van der Waals surface area (Å²) in [5.41, 5.74) is 0.870. The highest BCUT2D eigenvalue weighted by molar-refractivity contribution is 5.79. The third kappa shape index (κ3) is 3.53. The van der Waals surface area contributed by atoms with E-state index in [1.165, 1.54) is 18.2 Å².